The summed E-state index contributed by atoms with van der Waals surface area (Å²) in [4.78, 5) is 12.3. The quantitative estimate of drug-likeness (QED) is 0.688. The fourth-order valence-corrected chi connectivity index (χ4v) is 2.94. The van der Waals surface area contributed by atoms with Crippen LogP contribution in [0.2, 0.25) is 5.02 Å². The molecule has 3 aromatic rings. The second-order valence-electron chi connectivity index (χ2n) is 5.08. The second kappa shape index (κ2) is 7.62. The highest BCUT2D eigenvalue weighted by Crippen LogP contribution is 2.25. The van der Waals surface area contributed by atoms with Crippen LogP contribution in [-0.4, -0.2) is 31.4 Å². The average Bonchev–Trinajstić information content (AvgIpc) is 3.05. The van der Waals surface area contributed by atoms with Crippen molar-refractivity contribution in [3.8, 4) is 5.69 Å². The van der Waals surface area contributed by atoms with Crippen LogP contribution < -0.4 is 5.32 Å². The summed E-state index contributed by atoms with van der Waals surface area (Å²) >= 11 is 7.05. The van der Waals surface area contributed by atoms with Crippen LogP contribution in [0.4, 0.5) is 10.1 Å². The molecule has 0 fully saturated rings. The summed E-state index contributed by atoms with van der Waals surface area (Å²) in [5.41, 5.74) is 0.857. The second-order valence-corrected chi connectivity index (χ2v) is 6.82. The third kappa shape index (κ3) is 4.15. The Morgan fingerprint density at radius 3 is 2.68 bits per heavy atom. The number of hydrogen-bond donors (Lipinski definition) is 1. The molecule has 0 bridgehead atoms. The number of aromatic nitrogens is 4. The lowest BCUT2D eigenvalue weighted by Gasteiger charge is -2.12. The average molecular weight is 378 g/mol. The predicted octanol–water partition coefficient (Wildman–Crippen LogP) is 3.57. The zero-order valence-electron chi connectivity index (χ0n) is 13.1. The number of nitrogens with zero attached hydrogens (tertiary/aromatic N) is 4. The SMILES string of the molecule is C[C@@H](Sc1nnnn1-c1ccc(Cl)cc1)C(=O)Nc1ccccc1F. The molecule has 6 nitrogen and oxygen atoms in total. The van der Waals surface area contributed by atoms with Crippen molar-refractivity contribution in [2.75, 3.05) is 5.32 Å². The summed E-state index contributed by atoms with van der Waals surface area (Å²) in [7, 11) is 0. The first-order valence-electron chi connectivity index (χ1n) is 7.31. The largest absolute Gasteiger partial charge is 0.323 e. The van der Waals surface area contributed by atoms with Crippen molar-refractivity contribution in [2.24, 2.45) is 0 Å². The molecule has 0 aliphatic heterocycles. The smallest absolute Gasteiger partial charge is 0.237 e. The molecule has 1 N–H and O–H groups in total. The lowest BCUT2D eigenvalue weighted by molar-refractivity contribution is -0.115. The molecule has 1 atom stereocenters. The standard InChI is InChI=1S/C16H13ClFN5OS/c1-10(15(24)19-14-5-3-2-4-13(14)18)25-16-20-21-22-23(16)12-8-6-11(17)7-9-12/h2-10H,1H3,(H,19,24)/t10-/m1/s1. The number of para-hydroxylation sites is 1. The zero-order chi connectivity index (χ0) is 17.8. The first kappa shape index (κ1) is 17.4. The first-order valence-corrected chi connectivity index (χ1v) is 8.57. The Hall–Kier alpha value is -2.45. The van der Waals surface area contributed by atoms with Crippen LogP contribution in [-0.2, 0) is 4.79 Å². The van der Waals surface area contributed by atoms with E-state index in [1.54, 1.807) is 43.3 Å². The van der Waals surface area contributed by atoms with Crippen molar-refractivity contribution < 1.29 is 9.18 Å². The first-order chi connectivity index (χ1) is 12.0. The number of rotatable bonds is 5. The van der Waals surface area contributed by atoms with Crippen LogP contribution in [0.3, 0.4) is 0 Å². The number of amides is 1. The van der Waals surface area contributed by atoms with Crippen LogP contribution in [0.15, 0.2) is 53.7 Å². The van der Waals surface area contributed by atoms with E-state index >= 15 is 0 Å². The summed E-state index contributed by atoms with van der Waals surface area (Å²) in [6.45, 7) is 1.70. The van der Waals surface area contributed by atoms with Gasteiger partial charge in [0.15, 0.2) is 0 Å². The van der Waals surface area contributed by atoms with Gasteiger partial charge in [0.05, 0.1) is 16.6 Å². The van der Waals surface area contributed by atoms with E-state index in [4.69, 9.17) is 11.6 Å². The van der Waals surface area contributed by atoms with Crippen molar-refractivity contribution >= 4 is 35.0 Å². The maximum Gasteiger partial charge on any atom is 0.237 e. The molecular weight excluding hydrogens is 365 g/mol. The van der Waals surface area contributed by atoms with Crippen LogP contribution in [0, 0.1) is 5.82 Å². The van der Waals surface area contributed by atoms with Gasteiger partial charge in [0.25, 0.3) is 0 Å². The molecule has 0 radical (unpaired) electrons. The number of benzene rings is 2. The molecule has 0 saturated heterocycles. The third-order valence-corrected chi connectivity index (χ3v) is 4.58. The maximum atomic E-state index is 13.6. The summed E-state index contributed by atoms with van der Waals surface area (Å²) < 4.78 is 15.1. The Morgan fingerprint density at radius 1 is 1.24 bits per heavy atom. The number of carbonyl (C=O) groups excluding carboxylic acids is 1. The molecule has 1 aromatic heterocycles. The number of anilines is 1. The van der Waals surface area contributed by atoms with Crippen molar-refractivity contribution in [1.29, 1.82) is 0 Å². The van der Waals surface area contributed by atoms with Crippen LogP contribution in [0.5, 0.6) is 0 Å². The van der Waals surface area contributed by atoms with Gasteiger partial charge in [0.1, 0.15) is 5.82 Å². The van der Waals surface area contributed by atoms with Gasteiger partial charge in [0.2, 0.25) is 11.1 Å². The van der Waals surface area contributed by atoms with Crippen LogP contribution in [0.1, 0.15) is 6.92 Å². The lowest BCUT2D eigenvalue weighted by atomic mass is 10.3. The molecule has 0 unspecified atom stereocenters. The van der Waals surface area contributed by atoms with Gasteiger partial charge in [-0.2, -0.15) is 4.68 Å². The van der Waals surface area contributed by atoms with Crippen LogP contribution in [0.25, 0.3) is 5.69 Å². The van der Waals surface area contributed by atoms with E-state index in [2.05, 4.69) is 20.8 Å². The van der Waals surface area contributed by atoms with Gasteiger partial charge in [-0.25, -0.2) is 4.39 Å². The minimum Gasteiger partial charge on any atom is -0.323 e. The minimum atomic E-state index is -0.531. The fraction of sp³-hybridized carbons (Fsp3) is 0.125. The van der Waals surface area contributed by atoms with Gasteiger partial charge < -0.3 is 5.32 Å². The third-order valence-electron chi connectivity index (χ3n) is 3.30. The van der Waals surface area contributed by atoms with E-state index in [1.165, 1.54) is 28.6 Å². The fourth-order valence-electron chi connectivity index (χ4n) is 2.01. The molecular formula is C16H13ClFN5OS. The van der Waals surface area contributed by atoms with E-state index in [0.717, 1.165) is 5.69 Å². The van der Waals surface area contributed by atoms with Gasteiger partial charge in [-0.1, -0.05) is 35.5 Å². The summed E-state index contributed by atoms with van der Waals surface area (Å²) in [6, 6.07) is 13.0. The van der Waals surface area contributed by atoms with E-state index in [9.17, 15) is 9.18 Å². The molecule has 25 heavy (non-hydrogen) atoms. The molecule has 0 spiro atoms. The number of nitrogens with one attached hydrogen (secondary N) is 1. The predicted molar refractivity (Wildman–Crippen MR) is 94.5 cm³/mol. The molecule has 9 heteroatoms. The Balaban J connectivity index is 1.72. The van der Waals surface area contributed by atoms with Gasteiger partial charge in [-0.3, -0.25) is 4.79 Å². The van der Waals surface area contributed by atoms with Crippen molar-refractivity contribution in [1.82, 2.24) is 20.2 Å². The van der Waals surface area contributed by atoms with E-state index < -0.39 is 11.1 Å². The van der Waals surface area contributed by atoms with Crippen molar-refractivity contribution in [2.45, 2.75) is 17.3 Å². The molecule has 0 aliphatic rings. The molecule has 1 amide bonds. The maximum absolute atomic E-state index is 13.6. The Labute approximate surface area is 152 Å². The molecule has 1 heterocycles. The molecule has 0 saturated carbocycles. The van der Waals surface area contributed by atoms with E-state index in [-0.39, 0.29) is 11.6 Å². The normalized spacial score (nSPS) is 12.0. The summed E-state index contributed by atoms with van der Waals surface area (Å²) in [5, 5.41) is 14.6. The number of thioether (sulfide) groups is 1. The monoisotopic (exact) mass is 377 g/mol. The van der Waals surface area contributed by atoms with Gasteiger partial charge in [0, 0.05) is 5.02 Å². The number of halogens is 2. The van der Waals surface area contributed by atoms with E-state index in [0.29, 0.717) is 10.2 Å². The minimum absolute atomic E-state index is 0.136. The molecule has 128 valence electrons. The van der Waals surface area contributed by atoms with Crippen molar-refractivity contribution in [3.05, 3.63) is 59.4 Å². The topological polar surface area (TPSA) is 72.7 Å². The lowest BCUT2D eigenvalue weighted by Crippen LogP contribution is -2.23. The summed E-state index contributed by atoms with van der Waals surface area (Å²) in [5.74, 6) is -0.834. The number of carbonyl (C=O) groups is 1. The van der Waals surface area contributed by atoms with Crippen molar-refractivity contribution in [3.63, 3.8) is 0 Å². The highest BCUT2D eigenvalue weighted by Gasteiger charge is 2.20. The summed E-state index contributed by atoms with van der Waals surface area (Å²) in [6.07, 6.45) is 0. The zero-order valence-corrected chi connectivity index (χ0v) is 14.6. The Kier molecular flexibility index (Phi) is 5.30. The Bertz CT molecular complexity index is 886. The molecule has 2 aromatic carbocycles. The van der Waals surface area contributed by atoms with Gasteiger partial charge in [-0.05, 0) is 53.7 Å². The van der Waals surface area contributed by atoms with Crippen LogP contribution >= 0.6 is 23.4 Å². The van der Waals surface area contributed by atoms with Gasteiger partial charge in [-0.15, -0.1) is 5.10 Å². The number of hydrogen-bond acceptors (Lipinski definition) is 5. The number of tetrazole rings is 1. The molecule has 3 rings (SSSR count). The molecule has 0 aliphatic carbocycles. The van der Waals surface area contributed by atoms with Gasteiger partial charge >= 0.3 is 0 Å². The highest BCUT2D eigenvalue weighted by atomic mass is 35.5. The Morgan fingerprint density at radius 2 is 1.96 bits per heavy atom. The van der Waals surface area contributed by atoms with E-state index in [1.807, 2.05) is 0 Å². The highest BCUT2D eigenvalue weighted by molar-refractivity contribution is 8.00.